The number of hydrogen-bond donors (Lipinski definition) is 2. The molecule has 1 aliphatic carbocycles. The molecule has 0 radical (unpaired) electrons. The number of anilines is 1. The van der Waals surface area contributed by atoms with Gasteiger partial charge in [0.1, 0.15) is 0 Å². The highest BCUT2D eigenvalue weighted by molar-refractivity contribution is 6.05. The maximum atomic E-state index is 13.1. The molecule has 3 aromatic rings. The number of hydrogen-bond acceptors (Lipinski definition) is 4. The number of amides is 1. The van der Waals surface area contributed by atoms with Crippen molar-refractivity contribution < 1.29 is 19.4 Å². The van der Waals surface area contributed by atoms with Gasteiger partial charge in [0, 0.05) is 30.9 Å². The quantitative estimate of drug-likeness (QED) is 0.466. The second-order valence-electron chi connectivity index (χ2n) is 10.4. The van der Waals surface area contributed by atoms with Crippen molar-refractivity contribution in [3.8, 4) is 0 Å². The summed E-state index contributed by atoms with van der Waals surface area (Å²) in [6.07, 6.45) is 3.21. The molecule has 2 aliphatic rings. The van der Waals surface area contributed by atoms with Crippen LogP contribution in [0.1, 0.15) is 63.2 Å². The van der Waals surface area contributed by atoms with Crippen LogP contribution in [-0.2, 0) is 16.7 Å². The Bertz CT molecular complexity index is 1330. The molecule has 0 unspecified atom stereocenters. The van der Waals surface area contributed by atoms with Gasteiger partial charge in [-0.15, -0.1) is 0 Å². The first-order valence-electron chi connectivity index (χ1n) is 12.7. The summed E-state index contributed by atoms with van der Waals surface area (Å²) in [7, 11) is 0. The Balaban J connectivity index is 1.39. The predicted octanol–water partition coefficient (Wildman–Crippen LogP) is 5.58. The molecular formula is C31H32N2O4. The zero-order chi connectivity index (χ0) is 26.0. The lowest BCUT2D eigenvalue weighted by Gasteiger charge is -2.32. The zero-order valence-corrected chi connectivity index (χ0v) is 21.3. The summed E-state index contributed by atoms with van der Waals surface area (Å²) < 4.78 is 5.46. The Morgan fingerprint density at radius 1 is 0.946 bits per heavy atom. The topological polar surface area (TPSA) is 78.9 Å². The van der Waals surface area contributed by atoms with E-state index in [-0.39, 0.29) is 16.9 Å². The van der Waals surface area contributed by atoms with Crippen LogP contribution in [0.5, 0.6) is 0 Å². The molecule has 6 heteroatoms. The fourth-order valence-corrected chi connectivity index (χ4v) is 5.06. The first-order valence-corrected chi connectivity index (χ1v) is 12.7. The van der Waals surface area contributed by atoms with Crippen LogP contribution in [0.4, 0.5) is 5.69 Å². The van der Waals surface area contributed by atoms with E-state index in [0.717, 1.165) is 56.0 Å². The molecule has 190 valence electrons. The molecular weight excluding hydrogens is 464 g/mol. The Morgan fingerprint density at radius 2 is 1.62 bits per heavy atom. The second kappa shape index (κ2) is 10.3. The fraction of sp³-hybridized carbons (Fsp3) is 0.290. The van der Waals surface area contributed by atoms with Crippen molar-refractivity contribution in [3.05, 3.63) is 106 Å². The van der Waals surface area contributed by atoms with Gasteiger partial charge in [-0.2, -0.15) is 0 Å². The Morgan fingerprint density at radius 3 is 2.30 bits per heavy atom. The first kappa shape index (κ1) is 24.9. The number of morpholine rings is 1. The number of carboxylic acid groups (broad SMARTS) is 1. The predicted molar refractivity (Wildman–Crippen MR) is 145 cm³/mol. The van der Waals surface area contributed by atoms with E-state index in [4.69, 9.17) is 9.84 Å². The van der Waals surface area contributed by atoms with E-state index in [9.17, 15) is 9.59 Å². The molecule has 37 heavy (non-hydrogen) atoms. The fourth-order valence-electron chi connectivity index (χ4n) is 5.06. The van der Waals surface area contributed by atoms with Gasteiger partial charge < -0.3 is 15.2 Å². The van der Waals surface area contributed by atoms with Crippen molar-refractivity contribution in [2.24, 2.45) is 0 Å². The molecule has 6 nitrogen and oxygen atoms in total. The van der Waals surface area contributed by atoms with Gasteiger partial charge in [0.15, 0.2) is 0 Å². The Kier molecular flexibility index (Phi) is 6.96. The number of carboxylic acids is 1. The lowest BCUT2D eigenvalue weighted by atomic mass is 9.72. The second-order valence-corrected chi connectivity index (χ2v) is 10.4. The van der Waals surface area contributed by atoms with Gasteiger partial charge in [0.05, 0.1) is 18.8 Å². The molecule has 5 rings (SSSR count). The van der Waals surface area contributed by atoms with E-state index in [1.54, 1.807) is 12.1 Å². The van der Waals surface area contributed by atoms with Crippen molar-refractivity contribution in [3.63, 3.8) is 0 Å². The number of nitrogens with zero attached hydrogens (tertiary/aromatic N) is 1. The molecule has 0 bridgehead atoms. The van der Waals surface area contributed by atoms with Gasteiger partial charge in [-0.1, -0.05) is 50.3 Å². The Hall–Kier alpha value is -3.74. The third-order valence-electron chi connectivity index (χ3n) is 7.28. The third kappa shape index (κ3) is 5.50. The largest absolute Gasteiger partial charge is 0.478 e. The summed E-state index contributed by atoms with van der Waals surface area (Å²) >= 11 is 0. The minimum atomic E-state index is -0.997. The van der Waals surface area contributed by atoms with Gasteiger partial charge in [0.25, 0.3) is 5.91 Å². The van der Waals surface area contributed by atoms with Crippen molar-refractivity contribution >= 4 is 23.1 Å². The van der Waals surface area contributed by atoms with Gasteiger partial charge in [-0.3, -0.25) is 9.69 Å². The monoisotopic (exact) mass is 496 g/mol. The van der Waals surface area contributed by atoms with Crippen molar-refractivity contribution in [2.45, 2.75) is 32.2 Å². The lowest BCUT2D eigenvalue weighted by molar-refractivity contribution is 0.0342. The number of carbonyl (C=O) groups is 2. The maximum absolute atomic E-state index is 13.1. The van der Waals surface area contributed by atoms with Crippen LogP contribution in [0, 0.1) is 0 Å². The minimum Gasteiger partial charge on any atom is -0.478 e. The van der Waals surface area contributed by atoms with Gasteiger partial charge >= 0.3 is 5.97 Å². The summed E-state index contributed by atoms with van der Waals surface area (Å²) in [5.41, 5.74) is 7.14. The highest BCUT2D eigenvalue weighted by Gasteiger charge is 2.29. The first-order chi connectivity index (χ1) is 17.8. The summed E-state index contributed by atoms with van der Waals surface area (Å²) in [5.74, 6) is -1.22. The molecule has 0 atom stereocenters. The van der Waals surface area contributed by atoms with Crippen molar-refractivity contribution in [2.75, 3.05) is 31.6 Å². The molecule has 0 aromatic heterocycles. The van der Waals surface area contributed by atoms with Crippen LogP contribution in [0.2, 0.25) is 0 Å². The number of fused-ring (bicyclic) bond motifs is 1. The number of nitrogens with one attached hydrogen (secondary N) is 1. The van der Waals surface area contributed by atoms with E-state index in [1.807, 2.05) is 12.1 Å². The molecule has 3 aromatic carbocycles. The number of benzene rings is 3. The smallest absolute Gasteiger partial charge is 0.335 e. The highest BCUT2D eigenvalue weighted by Crippen LogP contribution is 2.41. The van der Waals surface area contributed by atoms with E-state index >= 15 is 0 Å². The SMILES string of the molecule is CC1(C)CC=C(c2ccc(CN3CCOCC3)cc2)c2cc(C(=O)Nc3ccc(C(=O)O)cc3)ccc21. The summed E-state index contributed by atoms with van der Waals surface area (Å²) in [5, 5.41) is 12.0. The molecule has 1 amide bonds. The number of carbonyl (C=O) groups excluding carboxylic acids is 1. The molecule has 1 saturated heterocycles. The normalized spacial score (nSPS) is 17.0. The van der Waals surface area contributed by atoms with Crippen LogP contribution in [0.3, 0.4) is 0 Å². The molecule has 1 fully saturated rings. The maximum Gasteiger partial charge on any atom is 0.335 e. The molecule has 1 heterocycles. The molecule has 0 spiro atoms. The summed E-state index contributed by atoms with van der Waals surface area (Å²) in [6, 6.07) is 20.8. The van der Waals surface area contributed by atoms with Crippen LogP contribution in [0.15, 0.2) is 72.8 Å². The van der Waals surface area contributed by atoms with Gasteiger partial charge in [-0.05, 0) is 76.1 Å². The molecule has 0 saturated carbocycles. The lowest BCUT2D eigenvalue weighted by Crippen LogP contribution is -2.35. The average Bonchev–Trinajstić information content (AvgIpc) is 2.90. The van der Waals surface area contributed by atoms with Crippen LogP contribution < -0.4 is 5.32 Å². The summed E-state index contributed by atoms with van der Waals surface area (Å²) in [6.45, 7) is 8.89. The highest BCUT2D eigenvalue weighted by atomic mass is 16.5. The van der Waals surface area contributed by atoms with Crippen LogP contribution in [-0.4, -0.2) is 48.2 Å². The van der Waals surface area contributed by atoms with Gasteiger partial charge in [-0.25, -0.2) is 4.79 Å². The molecule has 2 N–H and O–H groups in total. The standard InChI is InChI=1S/C31H32N2O4/c1-31(2)14-13-26(22-5-3-21(4-6-22)20-33-15-17-37-18-16-33)27-19-24(9-12-28(27)31)29(34)32-25-10-7-23(8-11-25)30(35)36/h3-13,19H,14-18,20H2,1-2H3,(H,32,34)(H,35,36). The van der Waals surface area contributed by atoms with Gasteiger partial charge in [0.2, 0.25) is 0 Å². The summed E-state index contributed by atoms with van der Waals surface area (Å²) in [4.78, 5) is 26.6. The Labute approximate surface area is 217 Å². The van der Waals surface area contributed by atoms with E-state index < -0.39 is 5.97 Å². The van der Waals surface area contributed by atoms with Crippen LogP contribution in [0.25, 0.3) is 5.57 Å². The van der Waals surface area contributed by atoms with Crippen molar-refractivity contribution in [1.29, 1.82) is 0 Å². The average molecular weight is 497 g/mol. The van der Waals surface area contributed by atoms with Crippen molar-refractivity contribution in [1.82, 2.24) is 4.90 Å². The number of rotatable bonds is 6. The zero-order valence-electron chi connectivity index (χ0n) is 21.3. The number of ether oxygens (including phenoxy) is 1. The number of aromatic carboxylic acids is 1. The van der Waals surface area contributed by atoms with E-state index in [1.165, 1.54) is 23.3 Å². The number of allylic oxidation sites excluding steroid dienone is 1. The van der Waals surface area contributed by atoms with E-state index in [0.29, 0.717) is 11.3 Å². The molecule has 1 aliphatic heterocycles. The van der Waals surface area contributed by atoms with E-state index in [2.05, 4.69) is 60.5 Å². The van der Waals surface area contributed by atoms with Crippen LogP contribution >= 0.6 is 0 Å². The minimum absolute atomic E-state index is 0.0310. The third-order valence-corrected chi connectivity index (χ3v) is 7.28.